The number of nitrogens with zero attached hydrogens (tertiary/aromatic N) is 3. The van der Waals surface area contributed by atoms with Crippen molar-refractivity contribution in [3.63, 3.8) is 0 Å². The number of pyridine rings is 1. The van der Waals surface area contributed by atoms with Crippen LogP contribution in [-0.2, 0) is 0 Å². The number of fused-ring (bicyclic) bond motifs is 1. The summed E-state index contributed by atoms with van der Waals surface area (Å²) in [5, 5.41) is 4.00. The van der Waals surface area contributed by atoms with Crippen molar-refractivity contribution in [2.45, 2.75) is 18.9 Å². The Labute approximate surface area is 155 Å². The summed E-state index contributed by atoms with van der Waals surface area (Å²) in [5.41, 5.74) is 1.99. The number of rotatable bonds is 3. The van der Waals surface area contributed by atoms with Crippen LogP contribution in [-0.4, -0.2) is 34.3 Å². The highest BCUT2D eigenvalue weighted by Crippen LogP contribution is 2.36. The SMILES string of the molecule is O=C(c1cc(-c2ccc3c(c2)OCO3)on1)N1CCCC1c1ccccn1. The molecule has 0 N–H and O–H groups in total. The van der Waals surface area contributed by atoms with E-state index in [1.807, 2.05) is 41.3 Å². The number of carbonyl (C=O) groups excluding carboxylic acids is 1. The molecule has 0 aliphatic carbocycles. The van der Waals surface area contributed by atoms with Crippen LogP contribution in [0.2, 0.25) is 0 Å². The van der Waals surface area contributed by atoms with Crippen LogP contribution in [0.4, 0.5) is 0 Å². The van der Waals surface area contributed by atoms with E-state index in [-0.39, 0.29) is 18.7 Å². The smallest absolute Gasteiger partial charge is 0.276 e. The molecule has 5 rings (SSSR count). The molecule has 1 amide bonds. The Balaban J connectivity index is 1.40. The predicted molar refractivity (Wildman–Crippen MR) is 95.3 cm³/mol. The molecule has 0 radical (unpaired) electrons. The fourth-order valence-corrected chi connectivity index (χ4v) is 3.60. The van der Waals surface area contributed by atoms with Gasteiger partial charge in [0.25, 0.3) is 5.91 Å². The summed E-state index contributed by atoms with van der Waals surface area (Å²) in [6, 6.07) is 12.9. The van der Waals surface area contributed by atoms with Crippen LogP contribution < -0.4 is 9.47 Å². The zero-order valence-corrected chi connectivity index (χ0v) is 14.5. The number of aromatic nitrogens is 2. The molecule has 3 aromatic rings. The Morgan fingerprint density at radius 2 is 2.04 bits per heavy atom. The van der Waals surface area contributed by atoms with Gasteiger partial charge in [0.2, 0.25) is 6.79 Å². The molecule has 1 fully saturated rings. The van der Waals surface area contributed by atoms with E-state index in [0.717, 1.165) is 24.1 Å². The molecule has 2 aliphatic rings. The second-order valence-corrected chi connectivity index (χ2v) is 6.56. The quantitative estimate of drug-likeness (QED) is 0.709. The van der Waals surface area contributed by atoms with E-state index in [2.05, 4.69) is 10.1 Å². The zero-order chi connectivity index (χ0) is 18.2. The Hall–Kier alpha value is -3.35. The molecule has 0 saturated carbocycles. The third kappa shape index (κ3) is 2.81. The van der Waals surface area contributed by atoms with Crippen molar-refractivity contribution in [3.05, 3.63) is 60.0 Å². The lowest BCUT2D eigenvalue weighted by Gasteiger charge is -2.23. The number of likely N-dealkylation sites (tertiary alicyclic amines) is 1. The maximum Gasteiger partial charge on any atom is 0.276 e. The molecule has 2 aromatic heterocycles. The van der Waals surface area contributed by atoms with Gasteiger partial charge in [-0.2, -0.15) is 0 Å². The second-order valence-electron chi connectivity index (χ2n) is 6.56. The number of ether oxygens (including phenoxy) is 2. The Kier molecular flexibility index (Phi) is 3.78. The minimum atomic E-state index is -0.140. The van der Waals surface area contributed by atoms with E-state index in [9.17, 15) is 4.79 Å². The summed E-state index contributed by atoms with van der Waals surface area (Å²) in [7, 11) is 0. The van der Waals surface area contributed by atoms with Crippen LogP contribution >= 0.6 is 0 Å². The average Bonchev–Trinajstić information content (AvgIpc) is 3.47. The van der Waals surface area contributed by atoms with Crippen molar-refractivity contribution in [1.82, 2.24) is 15.0 Å². The Morgan fingerprint density at radius 1 is 1.11 bits per heavy atom. The molecule has 0 bridgehead atoms. The number of amides is 1. The molecule has 2 aliphatic heterocycles. The van der Waals surface area contributed by atoms with Gasteiger partial charge in [0.05, 0.1) is 11.7 Å². The lowest BCUT2D eigenvalue weighted by Crippen LogP contribution is -2.31. The van der Waals surface area contributed by atoms with Crippen molar-refractivity contribution in [3.8, 4) is 22.8 Å². The summed E-state index contributed by atoms with van der Waals surface area (Å²) in [6.45, 7) is 0.898. The molecular weight excluding hydrogens is 346 g/mol. The third-order valence-corrected chi connectivity index (χ3v) is 4.93. The van der Waals surface area contributed by atoms with Crippen LogP contribution in [0.15, 0.2) is 53.2 Å². The van der Waals surface area contributed by atoms with E-state index < -0.39 is 0 Å². The minimum absolute atomic E-state index is 0.0237. The van der Waals surface area contributed by atoms with Crippen LogP contribution in [0.5, 0.6) is 11.5 Å². The molecule has 7 heteroatoms. The van der Waals surface area contributed by atoms with Crippen molar-refractivity contribution in [1.29, 1.82) is 0 Å². The molecule has 1 saturated heterocycles. The third-order valence-electron chi connectivity index (χ3n) is 4.93. The standard InChI is InChI=1S/C20H17N3O4/c24-20(23-9-3-5-16(23)14-4-1-2-8-21-14)15-11-18(27-22-15)13-6-7-17-19(10-13)26-12-25-17/h1-2,4,6-8,10-11,16H,3,5,9,12H2. The van der Waals surface area contributed by atoms with Gasteiger partial charge in [0, 0.05) is 24.4 Å². The molecule has 1 aromatic carbocycles. The first-order chi connectivity index (χ1) is 13.3. The monoisotopic (exact) mass is 363 g/mol. The van der Waals surface area contributed by atoms with Crippen molar-refractivity contribution < 1.29 is 18.8 Å². The van der Waals surface area contributed by atoms with Gasteiger partial charge in [-0.05, 0) is 43.2 Å². The molecule has 0 spiro atoms. The van der Waals surface area contributed by atoms with Gasteiger partial charge in [-0.3, -0.25) is 9.78 Å². The topological polar surface area (TPSA) is 77.7 Å². The molecule has 136 valence electrons. The normalized spacial score (nSPS) is 18.1. The highest BCUT2D eigenvalue weighted by Gasteiger charge is 2.33. The number of carbonyl (C=O) groups is 1. The highest BCUT2D eigenvalue weighted by atomic mass is 16.7. The molecule has 1 atom stereocenters. The fourth-order valence-electron chi connectivity index (χ4n) is 3.60. The van der Waals surface area contributed by atoms with E-state index in [1.165, 1.54) is 0 Å². The van der Waals surface area contributed by atoms with Crippen LogP contribution in [0.3, 0.4) is 0 Å². The number of benzene rings is 1. The van der Waals surface area contributed by atoms with E-state index in [0.29, 0.717) is 29.5 Å². The first-order valence-corrected chi connectivity index (χ1v) is 8.88. The van der Waals surface area contributed by atoms with E-state index in [1.54, 1.807) is 12.3 Å². The summed E-state index contributed by atoms with van der Waals surface area (Å²) in [5.74, 6) is 1.74. The maximum atomic E-state index is 13.0. The van der Waals surface area contributed by atoms with Crippen molar-refractivity contribution in [2.24, 2.45) is 0 Å². The summed E-state index contributed by atoms with van der Waals surface area (Å²) >= 11 is 0. The van der Waals surface area contributed by atoms with Crippen LogP contribution in [0.1, 0.15) is 35.1 Å². The summed E-state index contributed by atoms with van der Waals surface area (Å²) < 4.78 is 16.1. The molecule has 1 unspecified atom stereocenters. The minimum Gasteiger partial charge on any atom is -0.454 e. The Bertz CT molecular complexity index is 986. The van der Waals surface area contributed by atoms with Crippen molar-refractivity contribution in [2.75, 3.05) is 13.3 Å². The summed E-state index contributed by atoms with van der Waals surface area (Å²) in [6.07, 6.45) is 3.60. The summed E-state index contributed by atoms with van der Waals surface area (Å²) in [4.78, 5) is 19.2. The second kappa shape index (κ2) is 6.42. The van der Waals surface area contributed by atoms with Crippen molar-refractivity contribution >= 4 is 5.91 Å². The molecule has 27 heavy (non-hydrogen) atoms. The first-order valence-electron chi connectivity index (χ1n) is 8.88. The van der Waals surface area contributed by atoms with Gasteiger partial charge in [0.1, 0.15) is 0 Å². The van der Waals surface area contributed by atoms with E-state index >= 15 is 0 Å². The van der Waals surface area contributed by atoms with Gasteiger partial charge < -0.3 is 18.9 Å². The number of hydrogen-bond acceptors (Lipinski definition) is 6. The van der Waals surface area contributed by atoms with Gasteiger partial charge in [-0.15, -0.1) is 0 Å². The fraction of sp³-hybridized carbons (Fsp3) is 0.250. The Morgan fingerprint density at radius 3 is 2.93 bits per heavy atom. The van der Waals surface area contributed by atoms with Gasteiger partial charge in [-0.25, -0.2) is 0 Å². The van der Waals surface area contributed by atoms with Gasteiger partial charge in [-0.1, -0.05) is 11.2 Å². The van der Waals surface area contributed by atoms with Gasteiger partial charge in [0.15, 0.2) is 23.0 Å². The lowest BCUT2D eigenvalue weighted by atomic mass is 10.1. The number of hydrogen-bond donors (Lipinski definition) is 0. The largest absolute Gasteiger partial charge is 0.454 e. The first kappa shape index (κ1) is 15.9. The average molecular weight is 363 g/mol. The lowest BCUT2D eigenvalue weighted by molar-refractivity contribution is 0.0722. The molecule has 7 nitrogen and oxygen atoms in total. The van der Waals surface area contributed by atoms with Gasteiger partial charge >= 0.3 is 0 Å². The predicted octanol–water partition coefficient (Wildman–Crippen LogP) is 3.44. The molecule has 4 heterocycles. The highest BCUT2D eigenvalue weighted by molar-refractivity contribution is 5.93. The van der Waals surface area contributed by atoms with Crippen LogP contribution in [0.25, 0.3) is 11.3 Å². The van der Waals surface area contributed by atoms with Crippen LogP contribution in [0, 0.1) is 0 Å². The molecular formula is C20H17N3O4. The maximum absolute atomic E-state index is 13.0. The zero-order valence-electron chi connectivity index (χ0n) is 14.5. The van der Waals surface area contributed by atoms with E-state index in [4.69, 9.17) is 14.0 Å².